The van der Waals surface area contributed by atoms with Crippen LogP contribution in [-0.2, 0) is 20.2 Å². The van der Waals surface area contributed by atoms with E-state index in [4.69, 9.17) is 0 Å². The van der Waals surface area contributed by atoms with Gasteiger partial charge >= 0.3 is 0 Å². The molecule has 0 fully saturated rings. The molecule has 5 nitrogen and oxygen atoms in total. The molecular weight excluding hydrogens is 399 g/mol. The van der Waals surface area contributed by atoms with Crippen molar-refractivity contribution >= 4 is 34.7 Å². The Balaban J connectivity index is 2.29. The predicted octanol–water partition coefficient (Wildman–Crippen LogP) is 5.06. The predicted molar refractivity (Wildman–Crippen MR) is 118 cm³/mol. The van der Waals surface area contributed by atoms with Crippen molar-refractivity contribution in [3.05, 3.63) is 30.3 Å². The standard InChI is InChI=1S/C19H33N2O3PS2/c1-5-17(2)26-25(23,20-3)21(4)19(22)15-11-6-7-12-16-27(24)18-13-9-8-10-14-18/h8-10,13-14,17H,5-7,11-12,15-16H2,1-4H3,(H,20,23). The molecule has 0 heterocycles. The zero-order valence-corrected chi connectivity index (χ0v) is 19.4. The van der Waals surface area contributed by atoms with E-state index in [-0.39, 0.29) is 11.2 Å². The first-order valence-corrected chi connectivity index (χ1v) is 14.0. The summed E-state index contributed by atoms with van der Waals surface area (Å²) >= 11 is 1.35. The minimum atomic E-state index is -2.92. The van der Waals surface area contributed by atoms with Crippen LogP contribution < -0.4 is 5.09 Å². The van der Waals surface area contributed by atoms with E-state index in [9.17, 15) is 13.6 Å². The molecule has 1 aromatic carbocycles. The smallest absolute Gasteiger partial charge is 0.276 e. The van der Waals surface area contributed by atoms with Crippen LogP contribution in [0.1, 0.15) is 52.4 Å². The van der Waals surface area contributed by atoms with Gasteiger partial charge < -0.3 is 0 Å². The molecule has 3 atom stereocenters. The SMILES string of the molecule is CCC(C)SP(=O)(NC)N(C)C(=O)CCCCCCS(=O)c1ccccc1. The summed E-state index contributed by atoms with van der Waals surface area (Å²) in [5.41, 5.74) is 0. The largest absolute Gasteiger partial charge is 0.294 e. The van der Waals surface area contributed by atoms with Gasteiger partial charge in [-0.25, -0.2) is 5.09 Å². The lowest BCUT2D eigenvalue weighted by atomic mass is 10.1. The number of hydrogen-bond acceptors (Lipinski definition) is 4. The Morgan fingerprint density at radius 2 is 1.85 bits per heavy atom. The van der Waals surface area contributed by atoms with Crippen LogP contribution in [0.15, 0.2) is 35.2 Å². The quantitative estimate of drug-likeness (QED) is 0.348. The highest BCUT2D eigenvalue weighted by molar-refractivity contribution is 8.57. The minimum absolute atomic E-state index is 0.0867. The Morgan fingerprint density at radius 1 is 1.22 bits per heavy atom. The van der Waals surface area contributed by atoms with E-state index in [2.05, 4.69) is 5.09 Å². The summed E-state index contributed by atoms with van der Waals surface area (Å²) < 4.78 is 26.5. The van der Waals surface area contributed by atoms with Gasteiger partial charge in [0, 0.05) is 29.4 Å². The number of nitrogens with zero attached hydrogens (tertiary/aromatic N) is 1. The van der Waals surface area contributed by atoms with Crippen LogP contribution in [0.25, 0.3) is 0 Å². The molecule has 1 aromatic rings. The number of nitrogens with one attached hydrogen (secondary N) is 1. The molecule has 0 saturated heterocycles. The second-order valence-corrected chi connectivity index (χ2v) is 13.3. The monoisotopic (exact) mass is 432 g/mol. The first kappa shape index (κ1) is 24.4. The number of rotatable bonds is 13. The molecule has 0 bridgehead atoms. The molecule has 8 heteroatoms. The molecule has 0 spiro atoms. The normalized spacial score (nSPS) is 15.7. The molecule has 3 unspecified atom stereocenters. The van der Waals surface area contributed by atoms with Crippen LogP contribution in [0.4, 0.5) is 0 Å². The molecule has 0 saturated carbocycles. The van der Waals surface area contributed by atoms with Crippen molar-refractivity contribution in [1.29, 1.82) is 0 Å². The third kappa shape index (κ3) is 8.51. The van der Waals surface area contributed by atoms with Gasteiger partial charge in [0.15, 0.2) is 0 Å². The van der Waals surface area contributed by atoms with E-state index in [1.165, 1.54) is 16.1 Å². The van der Waals surface area contributed by atoms with E-state index in [1.807, 2.05) is 44.2 Å². The zero-order valence-electron chi connectivity index (χ0n) is 16.8. The lowest BCUT2D eigenvalue weighted by Crippen LogP contribution is -2.28. The van der Waals surface area contributed by atoms with E-state index in [0.717, 1.165) is 37.0 Å². The summed E-state index contributed by atoms with van der Waals surface area (Å²) in [4.78, 5) is 13.3. The maximum Gasteiger partial charge on any atom is 0.294 e. The molecule has 154 valence electrons. The van der Waals surface area contributed by atoms with Gasteiger partial charge in [0.25, 0.3) is 6.65 Å². The van der Waals surface area contributed by atoms with E-state index < -0.39 is 17.4 Å². The first-order chi connectivity index (χ1) is 12.8. The second-order valence-electron chi connectivity index (χ2n) is 6.51. The first-order valence-electron chi connectivity index (χ1n) is 9.52. The Hall–Kier alpha value is -0.620. The fourth-order valence-corrected chi connectivity index (χ4v) is 8.12. The number of carbonyl (C=O) groups is 1. The summed E-state index contributed by atoms with van der Waals surface area (Å²) in [7, 11) is 2.32. The molecule has 1 rings (SSSR count). The van der Waals surface area contributed by atoms with E-state index >= 15 is 0 Å². The van der Waals surface area contributed by atoms with Gasteiger partial charge in [0.05, 0.1) is 10.8 Å². The highest BCUT2D eigenvalue weighted by Gasteiger charge is 2.31. The Morgan fingerprint density at radius 3 is 2.44 bits per heavy atom. The summed E-state index contributed by atoms with van der Waals surface area (Å²) in [6.45, 7) is 1.15. The van der Waals surface area contributed by atoms with Gasteiger partial charge in [-0.2, -0.15) is 0 Å². The molecule has 1 N–H and O–H groups in total. The van der Waals surface area contributed by atoms with Crippen LogP contribution in [-0.4, -0.2) is 39.9 Å². The van der Waals surface area contributed by atoms with Gasteiger partial charge in [-0.1, -0.05) is 56.3 Å². The average molecular weight is 433 g/mol. The number of benzene rings is 1. The average Bonchev–Trinajstić information content (AvgIpc) is 2.69. The topological polar surface area (TPSA) is 66.5 Å². The second kappa shape index (κ2) is 12.8. The van der Waals surface area contributed by atoms with Gasteiger partial charge in [-0.3, -0.25) is 18.2 Å². The lowest BCUT2D eigenvalue weighted by Gasteiger charge is -2.28. The van der Waals surface area contributed by atoms with Gasteiger partial charge in [0.1, 0.15) is 0 Å². The summed E-state index contributed by atoms with van der Waals surface area (Å²) in [5, 5.41) is 3.08. The van der Waals surface area contributed by atoms with Crippen molar-refractivity contribution < 1.29 is 13.6 Å². The van der Waals surface area contributed by atoms with E-state index in [0.29, 0.717) is 12.2 Å². The highest BCUT2D eigenvalue weighted by Crippen LogP contribution is 2.59. The van der Waals surface area contributed by atoms with Crippen LogP contribution in [0, 0.1) is 0 Å². The van der Waals surface area contributed by atoms with Crippen molar-refractivity contribution in [2.75, 3.05) is 19.8 Å². The van der Waals surface area contributed by atoms with Crippen LogP contribution in [0.3, 0.4) is 0 Å². The molecule has 0 aromatic heterocycles. The van der Waals surface area contributed by atoms with Crippen molar-refractivity contribution in [1.82, 2.24) is 9.76 Å². The molecule has 0 radical (unpaired) electrons. The van der Waals surface area contributed by atoms with Crippen LogP contribution >= 0.6 is 18.0 Å². The highest BCUT2D eigenvalue weighted by atomic mass is 32.7. The van der Waals surface area contributed by atoms with E-state index in [1.54, 1.807) is 14.1 Å². The summed E-state index contributed by atoms with van der Waals surface area (Å²) in [6, 6.07) is 9.50. The Bertz CT molecular complexity index is 643. The fraction of sp³-hybridized carbons (Fsp3) is 0.632. The lowest BCUT2D eigenvalue weighted by molar-refractivity contribution is -0.125. The number of amides is 1. The Kier molecular flexibility index (Phi) is 11.5. The molecule has 1 amide bonds. The van der Waals surface area contributed by atoms with Crippen LogP contribution in [0.2, 0.25) is 0 Å². The van der Waals surface area contributed by atoms with Crippen molar-refractivity contribution in [3.63, 3.8) is 0 Å². The Labute approximate surface area is 170 Å². The van der Waals surface area contributed by atoms with Crippen molar-refractivity contribution in [2.45, 2.75) is 62.5 Å². The maximum absolute atomic E-state index is 13.0. The van der Waals surface area contributed by atoms with Gasteiger partial charge in [-0.15, -0.1) is 0 Å². The summed E-state index contributed by atoms with van der Waals surface area (Å²) in [6.07, 6.45) is 4.80. The van der Waals surface area contributed by atoms with Crippen molar-refractivity contribution in [3.8, 4) is 0 Å². The van der Waals surface area contributed by atoms with Crippen LogP contribution in [0.5, 0.6) is 0 Å². The molecular formula is C19H33N2O3PS2. The molecule has 0 aliphatic carbocycles. The maximum atomic E-state index is 13.0. The van der Waals surface area contributed by atoms with Gasteiger partial charge in [0.2, 0.25) is 5.91 Å². The molecule has 0 aliphatic heterocycles. The number of hydrogen-bond donors (Lipinski definition) is 1. The third-order valence-electron chi connectivity index (χ3n) is 4.41. The van der Waals surface area contributed by atoms with Gasteiger partial charge in [-0.05, 0) is 38.4 Å². The molecule has 0 aliphatic rings. The molecule has 27 heavy (non-hydrogen) atoms. The number of carbonyl (C=O) groups excluding carboxylic acids is 1. The van der Waals surface area contributed by atoms with Crippen molar-refractivity contribution in [2.24, 2.45) is 0 Å². The summed E-state index contributed by atoms with van der Waals surface area (Å²) in [5.74, 6) is 0.564. The fourth-order valence-electron chi connectivity index (χ4n) is 2.45. The number of unbranched alkanes of at least 4 members (excludes halogenated alkanes) is 3. The zero-order chi connectivity index (χ0) is 20.3. The minimum Gasteiger partial charge on any atom is -0.276 e. The third-order valence-corrected chi connectivity index (χ3v) is 11.6.